The molecule has 0 aliphatic heterocycles. The molecular weight excluding hydrogens is 240 g/mol. The van der Waals surface area contributed by atoms with Crippen LogP contribution in [0.25, 0.3) is 0 Å². The summed E-state index contributed by atoms with van der Waals surface area (Å²) in [5.74, 6) is -1.11. The van der Waals surface area contributed by atoms with Crippen LogP contribution in [-0.4, -0.2) is 24.7 Å². The second-order valence-corrected chi connectivity index (χ2v) is 6.56. The van der Waals surface area contributed by atoms with Crippen LogP contribution in [0.5, 0.6) is 0 Å². The molecular formula is C12H16O4S. The normalized spacial score (nSPS) is 13.4. The fraction of sp³-hybridized carbons (Fsp3) is 0.417. The first-order valence-corrected chi connectivity index (χ1v) is 6.82. The molecule has 1 aromatic carbocycles. The van der Waals surface area contributed by atoms with Crippen LogP contribution in [-0.2, 0) is 14.6 Å². The van der Waals surface area contributed by atoms with Gasteiger partial charge in [-0.25, -0.2) is 8.42 Å². The maximum absolute atomic E-state index is 12.2. The summed E-state index contributed by atoms with van der Waals surface area (Å²) in [6.45, 7) is 4.94. The molecule has 0 bridgehead atoms. The molecule has 0 fully saturated rings. The largest absolute Gasteiger partial charge is 0.481 e. The second kappa shape index (κ2) is 4.87. The summed E-state index contributed by atoms with van der Waals surface area (Å²) in [6, 6.07) is 5.15. The van der Waals surface area contributed by atoms with Gasteiger partial charge in [-0.05, 0) is 38.0 Å². The minimum atomic E-state index is -3.57. The third-order valence-corrected chi connectivity index (χ3v) is 4.92. The Morgan fingerprint density at radius 2 is 1.94 bits per heavy atom. The minimum Gasteiger partial charge on any atom is -0.481 e. The Bertz CT molecular complexity index is 531. The molecule has 1 rings (SSSR count). The van der Waals surface area contributed by atoms with Gasteiger partial charge in [-0.3, -0.25) is 4.79 Å². The van der Waals surface area contributed by atoms with E-state index in [4.69, 9.17) is 5.11 Å². The summed E-state index contributed by atoms with van der Waals surface area (Å²) < 4.78 is 24.4. The van der Waals surface area contributed by atoms with Crippen LogP contribution in [0.4, 0.5) is 0 Å². The van der Waals surface area contributed by atoms with Gasteiger partial charge in [0.15, 0.2) is 9.84 Å². The van der Waals surface area contributed by atoms with Crippen molar-refractivity contribution >= 4 is 15.8 Å². The van der Waals surface area contributed by atoms with Gasteiger partial charge in [0.05, 0.1) is 16.6 Å². The van der Waals surface area contributed by atoms with Crippen molar-refractivity contribution in [3.63, 3.8) is 0 Å². The van der Waals surface area contributed by atoms with E-state index < -0.39 is 21.1 Å². The number of carboxylic acid groups (broad SMARTS) is 1. The predicted molar refractivity (Wildman–Crippen MR) is 64.8 cm³/mol. The van der Waals surface area contributed by atoms with Gasteiger partial charge in [0.25, 0.3) is 0 Å². The number of carboxylic acids is 1. The highest BCUT2D eigenvalue weighted by Crippen LogP contribution is 2.22. The molecule has 1 aromatic rings. The number of hydrogen-bond acceptors (Lipinski definition) is 3. The van der Waals surface area contributed by atoms with Gasteiger partial charge in [-0.15, -0.1) is 0 Å². The number of hydrogen-bond donors (Lipinski definition) is 1. The second-order valence-electron chi connectivity index (χ2n) is 4.22. The highest BCUT2D eigenvalue weighted by atomic mass is 32.2. The van der Waals surface area contributed by atoms with Crippen molar-refractivity contribution in [1.82, 2.24) is 0 Å². The molecule has 0 radical (unpaired) electrons. The number of aryl methyl sites for hydroxylation is 2. The molecule has 5 heteroatoms. The fourth-order valence-corrected chi connectivity index (χ4v) is 3.25. The van der Waals surface area contributed by atoms with E-state index in [2.05, 4.69) is 0 Å². The van der Waals surface area contributed by atoms with Crippen molar-refractivity contribution in [2.24, 2.45) is 0 Å². The Labute approximate surface area is 101 Å². The van der Waals surface area contributed by atoms with Gasteiger partial charge < -0.3 is 5.11 Å². The molecule has 0 aromatic heterocycles. The molecule has 0 heterocycles. The third kappa shape index (κ3) is 3.06. The molecule has 0 spiro atoms. The monoisotopic (exact) mass is 256 g/mol. The molecule has 1 unspecified atom stereocenters. The van der Waals surface area contributed by atoms with E-state index in [9.17, 15) is 13.2 Å². The Kier molecular flexibility index (Phi) is 3.93. The standard InChI is InChI=1S/C12H16O4S/c1-8-4-5-9(2)11(6-8)17(15,16)10(3)7-12(13)14/h4-6,10H,7H2,1-3H3,(H,13,14). The molecule has 0 aliphatic rings. The van der Waals surface area contributed by atoms with E-state index in [1.165, 1.54) is 6.92 Å². The molecule has 1 N–H and O–H groups in total. The lowest BCUT2D eigenvalue weighted by atomic mass is 10.2. The molecule has 94 valence electrons. The Morgan fingerprint density at radius 1 is 1.35 bits per heavy atom. The summed E-state index contributed by atoms with van der Waals surface area (Å²) in [5, 5.41) is 7.74. The van der Waals surface area contributed by atoms with Crippen LogP contribution >= 0.6 is 0 Å². The number of benzene rings is 1. The lowest BCUT2D eigenvalue weighted by molar-refractivity contribution is -0.136. The van der Waals surface area contributed by atoms with Crippen molar-refractivity contribution in [2.75, 3.05) is 0 Å². The number of aliphatic carboxylic acids is 1. The van der Waals surface area contributed by atoms with Gasteiger partial charge in [-0.1, -0.05) is 12.1 Å². The van der Waals surface area contributed by atoms with Crippen LogP contribution in [0.1, 0.15) is 24.5 Å². The fourth-order valence-electron chi connectivity index (χ4n) is 1.59. The van der Waals surface area contributed by atoms with Gasteiger partial charge in [-0.2, -0.15) is 0 Å². The first kappa shape index (κ1) is 13.7. The van der Waals surface area contributed by atoms with Crippen LogP contribution in [0.3, 0.4) is 0 Å². The highest BCUT2D eigenvalue weighted by Gasteiger charge is 2.26. The van der Waals surface area contributed by atoms with Crippen molar-refractivity contribution in [3.8, 4) is 0 Å². The maximum atomic E-state index is 12.2. The van der Waals surface area contributed by atoms with Crippen LogP contribution in [0, 0.1) is 13.8 Å². The first-order valence-electron chi connectivity index (χ1n) is 5.28. The van der Waals surface area contributed by atoms with Gasteiger partial charge in [0.2, 0.25) is 0 Å². The van der Waals surface area contributed by atoms with Gasteiger partial charge in [0.1, 0.15) is 0 Å². The Morgan fingerprint density at radius 3 is 2.47 bits per heavy atom. The van der Waals surface area contributed by atoms with E-state index in [1.54, 1.807) is 26.0 Å². The zero-order chi connectivity index (χ0) is 13.2. The molecule has 0 saturated heterocycles. The molecule has 17 heavy (non-hydrogen) atoms. The molecule has 0 amide bonds. The quantitative estimate of drug-likeness (QED) is 0.893. The molecule has 4 nitrogen and oxygen atoms in total. The van der Waals surface area contributed by atoms with E-state index >= 15 is 0 Å². The van der Waals surface area contributed by atoms with Crippen molar-refractivity contribution in [1.29, 1.82) is 0 Å². The van der Waals surface area contributed by atoms with E-state index in [1.807, 2.05) is 6.07 Å². The van der Waals surface area contributed by atoms with Gasteiger partial charge in [0, 0.05) is 0 Å². The average molecular weight is 256 g/mol. The molecule has 0 aliphatic carbocycles. The van der Waals surface area contributed by atoms with Crippen molar-refractivity contribution < 1.29 is 18.3 Å². The first-order chi connectivity index (χ1) is 7.75. The zero-order valence-corrected chi connectivity index (χ0v) is 10.9. The van der Waals surface area contributed by atoms with Crippen LogP contribution in [0.15, 0.2) is 23.1 Å². The third-order valence-electron chi connectivity index (χ3n) is 2.64. The van der Waals surface area contributed by atoms with Crippen LogP contribution in [0.2, 0.25) is 0 Å². The summed E-state index contributed by atoms with van der Waals surface area (Å²) in [7, 11) is -3.57. The van der Waals surface area contributed by atoms with E-state index in [-0.39, 0.29) is 11.3 Å². The zero-order valence-electron chi connectivity index (χ0n) is 10.1. The number of carbonyl (C=O) groups is 1. The predicted octanol–water partition coefficient (Wildman–Crippen LogP) is 1.94. The summed E-state index contributed by atoms with van der Waals surface area (Å²) >= 11 is 0. The highest BCUT2D eigenvalue weighted by molar-refractivity contribution is 7.92. The smallest absolute Gasteiger partial charge is 0.304 e. The Hall–Kier alpha value is -1.36. The summed E-state index contributed by atoms with van der Waals surface area (Å²) in [5.41, 5.74) is 1.49. The maximum Gasteiger partial charge on any atom is 0.304 e. The molecule has 0 saturated carbocycles. The minimum absolute atomic E-state index is 0.228. The lowest BCUT2D eigenvalue weighted by Crippen LogP contribution is -2.22. The van der Waals surface area contributed by atoms with Crippen molar-refractivity contribution in [2.45, 2.75) is 37.3 Å². The number of rotatable bonds is 4. The average Bonchev–Trinajstić information content (AvgIpc) is 2.20. The Balaban J connectivity index is 3.21. The number of sulfone groups is 1. The molecule has 1 atom stereocenters. The van der Waals surface area contributed by atoms with Crippen molar-refractivity contribution in [3.05, 3.63) is 29.3 Å². The summed E-state index contributed by atoms with van der Waals surface area (Å²) in [4.78, 5) is 10.8. The lowest BCUT2D eigenvalue weighted by Gasteiger charge is -2.13. The van der Waals surface area contributed by atoms with E-state index in [0.717, 1.165) is 5.56 Å². The topological polar surface area (TPSA) is 71.4 Å². The van der Waals surface area contributed by atoms with Crippen LogP contribution < -0.4 is 0 Å². The summed E-state index contributed by atoms with van der Waals surface area (Å²) in [6.07, 6.45) is -0.379. The SMILES string of the molecule is Cc1ccc(C)c(S(=O)(=O)C(C)CC(=O)O)c1. The van der Waals surface area contributed by atoms with Gasteiger partial charge >= 0.3 is 5.97 Å². The van der Waals surface area contributed by atoms with E-state index in [0.29, 0.717) is 5.56 Å².